The van der Waals surface area contributed by atoms with E-state index in [1.54, 1.807) is 16.7 Å². The van der Waals surface area contributed by atoms with Gasteiger partial charge in [-0.25, -0.2) is 4.79 Å². The first-order chi connectivity index (χ1) is 17.3. The number of carbonyl (C=O) groups excluding carboxylic acids is 3. The lowest BCUT2D eigenvalue weighted by Gasteiger charge is -2.57. The third kappa shape index (κ3) is 4.85. The third-order valence-electron chi connectivity index (χ3n) is 9.13. The first-order valence-corrected chi connectivity index (χ1v) is 13.9. The van der Waals surface area contributed by atoms with Gasteiger partial charge in [0.15, 0.2) is 0 Å². The summed E-state index contributed by atoms with van der Waals surface area (Å²) in [5.74, 6) is 2.32. The molecule has 4 saturated carbocycles. The van der Waals surface area contributed by atoms with Crippen LogP contribution in [0.4, 0.5) is 4.79 Å². The molecule has 196 valence electrons. The van der Waals surface area contributed by atoms with Crippen LogP contribution in [0.3, 0.4) is 0 Å². The lowest BCUT2D eigenvalue weighted by atomic mass is 9.48. The van der Waals surface area contributed by atoms with Crippen LogP contribution < -0.4 is 5.32 Å². The molecule has 0 spiro atoms. The Morgan fingerprint density at radius 1 is 0.917 bits per heavy atom. The number of nitrogens with zero attached hydrogens (tertiary/aromatic N) is 2. The highest BCUT2D eigenvalue weighted by atomic mass is 16.6. The van der Waals surface area contributed by atoms with Gasteiger partial charge in [0, 0.05) is 31.7 Å². The van der Waals surface area contributed by atoms with Crippen molar-refractivity contribution in [3.05, 3.63) is 35.4 Å². The highest BCUT2D eigenvalue weighted by Gasteiger charge is 2.51. The van der Waals surface area contributed by atoms with Crippen molar-refractivity contribution in [3.63, 3.8) is 0 Å². The second-order valence-electron chi connectivity index (χ2n) is 12.0. The van der Waals surface area contributed by atoms with Gasteiger partial charge in [-0.05, 0) is 92.2 Å². The summed E-state index contributed by atoms with van der Waals surface area (Å²) in [4.78, 5) is 41.8. The van der Waals surface area contributed by atoms with Crippen LogP contribution in [0.25, 0.3) is 0 Å². The van der Waals surface area contributed by atoms with E-state index in [-0.39, 0.29) is 23.8 Å². The Hall–Kier alpha value is -2.57. The van der Waals surface area contributed by atoms with E-state index in [9.17, 15) is 14.4 Å². The number of piperazine rings is 1. The first-order valence-electron chi connectivity index (χ1n) is 13.9. The Morgan fingerprint density at radius 3 is 1.94 bits per heavy atom. The van der Waals surface area contributed by atoms with E-state index in [0.717, 1.165) is 17.8 Å². The zero-order chi connectivity index (χ0) is 25.4. The van der Waals surface area contributed by atoms with Crippen LogP contribution in [0.15, 0.2) is 24.3 Å². The van der Waals surface area contributed by atoms with Gasteiger partial charge >= 0.3 is 6.09 Å². The van der Waals surface area contributed by atoms with Crippen LogP contribution in [0.1, 0.15) is 75.2 Å². The summed E-state index contributed by atoms with van der Waals surface area (Å²) >= 11 is 0. The van der Waals surface area contributed by atoms with Crippen LogP contribution in [0, 0.1) is 23.7 Å². The number of hydrogen-bond acceptors (Lipinski definition) is 4. The van der Waals surface area contributed by atoms with Gasteiger partial charge in [-0.15, -0.1) is 0 Å². The average molecular weight is 496 g/mol. The zero-order valence-corrected chi connectivity index (χ0v) is 22.0. The summed E-state index contributed by atoms with van der Waals surface area (Å²) in [6, 6.07) is 7.63. The highest BCUT2D eigenvalue weighted by Crippen LogP contribution is 2.60. The van der Waals surface area contributed by atoms with E-state index >= 15 is 0 Å². The van der Waals surface area contributed by atoms with Crippen molar-refractivity contribution < 1.29 is 19.1 Å². The molecular weight excluding hydrogens is 454 g/mol. The number of nitrogens with one attached hydrogen (secondary N) is 1. The number of ether oxygens (including phenoxy) is 1. The summed E-state index contributed by atoms with van der Waals surface area (Å²) in [5.41, 5.74) is 2.31. The molecule has 1 heterocycles. The number of rotatable bonds is 6. The minimum absolute atomic E-state index is 0.0455. The van der Waals surface area contributed by atoms with Crippen molar-refractivity contribution >= 4 is 17.9 Å². The van der Waals surface area contributed by atoms with Gasteiger partial charge in [0.1, 0.15) is 6.04 Å². The number of carbonyl (C=O) groups is 3. The molecule has 7 nitrogen and oxygen atoms in total. The van der Waals surface area contributed by atoms with E-state index in [0.29, 0.717) is 43.8 Å². The molecule has 1 atom stereocenters. The molecular formula is C29H41N3O4. The lowest BCUT2D eigenvalue weighted by Crippen LogP contribution is -2.57. The van der Waals surface area contributed by atoms with Crippen LogP contribution in [0.5, 0.6) is 0 Å². The van der Waals surface area contributed by atoms with Crippen molar-refractivity contribution in [1.82, 2.24) is 15.1 Å². The zero-order valence-electron chi connectivity index (χ0n) is 22.0. The molecule has 5 aliphatic rings. The largest absolute Gasteiger partial charge is 0.450 e. The maximum Gasteiger partial charge on any atom is 0.409 e. The first kappa shape index (κ1) is 25.1. The van der Waals surface area contributed by atoms with Crippen LogP contribution in [-0.4, -0.2) is 66.5 Å². The van der Waals surface area contributed by atoms with Gasteiger partial charge in [0.25, 0.3) is 5.91 Å². The van der Waals surface area contributed by atoms with Crippen molar-refractivity contribution in [2.24, 2.45) is 23.7 Å². The van der Waals surface area contributed by atoms with E-state index in [2.05, 4.69) is 17.4 Å². The molecule has 1 aliphatic heterocycles. The van der Waals surface area contributed by atoms with Crippen molar-refractivity contribution in [1.29, 1.82) is 0 Å². The Morgan fingerprint density at radius 2 is 1.44 bits per heavy atom. The van der Waals surface area contributed by atoms with Crippen molar-refractivity contribution in [2.45, 2.75) is 70.8 Å². The molecule has 0 unspecified atom stereocenters. The SMILES string of the molecule is CCOC(=O)N1CCN(C(=O)[C@H](NC(=O)c2ccc(C34CC5CC(CC(C5)C3)C4)cc2)C(C)C)CC1. The Labute approximate surface area is 214 Å². The van der Waals surface area contributed by atoms with E-state index < -0.39 is 6.04 Å². The molecule has 1 N–H and O–H groups in total. The van der Waals surface area contributed by atoms with E-state index in [1.807, 2.05) is 26.0 Å². The average Bonchev–Trinajstić information content (AvgIpc) is 2.86. The molecule has 0 aromatic heterocycles. The topological polar surface area (TPSA) is 79.0 Å². The van der Waals surface area contributed by atoms with E-state index in [4.69, 9.17) is 4.74 Å². The van der Waals surface area contributed by atoms with Gasteiger partial charge in [-0.2, -0.15) is 0 Å². The summed E-state index contributed by atoms with van der Waals surface area (Å²) < 4.78 is 5.07. The van der Waals surface area contributed by atoms with E-state index in [1.165, 1.54) is 44.1 Å². The predicted molar refractivity (Wildman–Crippen MR) is 138 cm³/mol. The highest BCUT2D eigenvalue weighted by molar-refractivity contribution is 5.97. The molecule has 0 radical (unpaired) electrons. The summed E-state index contributed by atoms with van der Waals surface area (Å²) in [7, 11) is 0. The van der Waals surface area contributed by atoms with Crippen LogP contribution in [0.2, 0.25) is 0 Å². The third-order valence-corrected chi connectivity index (χ3v) is 9.13. The van der Waals surface area contributed by atoms with Gasteiger partial charge in [0.2, 0.25) is 5.91 Å². The number of benzene rings is 1. The fourth-order valence-electron chi connectivity index (χ4n) is 7.70. The number of amides is 3. The predicted octanol–water partition coefficient (Wildman–Crippen LogP) is 4.21. The summed E-state index contributed by atoms with van der Waals surface area (Å²) in [6.07, 6.45) is 7.83. The maximum absolute atomic E-state index is 13.3. The second kappa shape index (κ2) is 10.1. The maximum atomic E-state index is 13.3. The standard InChI is InChI=1S/C29H41N3O4/c1-4-36-28(35)32-11-9-31(10-12-32)27(34)25(19(2)3)30-26(33)23-5-7-24(8-6-23)29-16-20-13-21(17-29)15-22(14-20)18-29/h5-8,19-22,25H,4,9-18H2,1-3H3,(H,30,33)/t20?,21?,22?,25-,29?/m1/s1. The van der Waals surface area contributed by atoms with Crippen molar-refractivity contribution in [3.8, 4) is 0 Å². The fraction of sp³-hybridized carbons (Fsp3) is 0.690. The van der Waals surface area contributed by atoms with Gasteiger partial charge in [-0.1, -0.05) is 26.0 Å². The number of hydrogen-bond donors (Lipinski definition) is 1. The molecule has 6 rings (SSSR count). The second-order valence-corrected chi connectivity index (χ2v) is 12.0. The molecule has 7 heteroatoms. The summed E-state index contributed by atoms with van der Waals surface area (Å²) in [5, 5.41) is 3.00. The minimum atomic E-state index is -0.602. The van der Waals surface area contributed by atoms with Gasteiger partial charge < -0.3 is 19.9 Å². The molecule has 1 aromatic rings. The summed E-state index contributed by atoms with van der Waals surface area (Å²) in [6.45, 7) is 7.78. The molecule has 1 saturated heterocycles. The molecule has 4 bridgehead atoms. The molecule has 1 aromatic carbocycles. The molecule has 3 amide bonds. The monoisotopic (exact) mass is 495 g/mol. The lowest BCUT2D eigenvalue weighted by molar-refractivity contribution is -0.135. The molecule has 4 aliphatic carbocycles. The Balaban J connectivity index is 1.21. The van der Waals surface area contributed by atoms with Gasteiger partial charge in [-0.3, -0.25) is 9.59 Å². The minimum Gasteiger partial charge on any atom is -0.450 e. The fourth-order valence-corrected chi connectivity index (χ4v) is 7.70. The van der Waals surface area contributed by atoms with Crippen molar-refractivity contribution in [2.75, 3.05) is 32.8 Å². The normalized spacial score (nSPS) is 29.8. The quantitative estimate of drug-likeness (QED) is 0.641. The van der Waals surface area contributed by atoms with Gasteiger partial charge in [0.05, 0.1) is 6.61 Å². The smallest absolute Gasteiger partial charge is 0.409 e. The molecule has 36 heavy (non-hydrogen) atoms. The van der Waals surface area contributed by atoms with Crippen LogP contribution >= 0.6 is 0 Å². The molecule has 5 fully saturated rings. The Kier molecular flexibility index (Phi) is 7.01. The Bertz CT molecular complexity index is 945. The van der Waals surface area contributed by atoms with Crippen LogP contribution in [-0.2, 0) is 14.9 Å².